The number of nitrogens with zero attached hydrogens (tertiary/aromatic N) is 5. The summed E-state index contributed by atoms with van der Waals surface area (Å²) in [5.74, 6) is 1.17. The lowest BCUT2D eigenvalue weighted by Gasteiger charge is -2.18. The monoisotopic (exact) mass is 362 g/mol. The molecule has 27 heavy (non-hydrogen) atoms. The fraction of sp³-hybridized carbons (Fsp3) is 0.350. The van der Waals surface area contributed by atoms with Gasteiger partial charge in [-0.1, -0.05) is 12.1 Å². The van der Waals surface area contributed by atoms with Crippen molar-refractivity contribution in [3.05, 3.63) is 70.8 Å². The lowest BCUT2D eigenvalue weighted by Crippen LogP contribution is -2.30. The number of benzene rings is 1. The van der Waals surface area contributed by atoms with Gasteiger partial charge in [-0.3, -0.25) is 9.78 Å². The quantitative estimate of drug-likeness (QED) is 0.728. The first-order chi connectivity index (χ1) is 13.1. The van der Waals surface area contributed by atoms with E-state index in [1.54, 1.807) is 4.68 Å². The molecule has 4 rings (SSSR count). The molecule has 7 heteroatoms. The van der Waals surface area contributed by atoms with Crippen LogP contribution in [0.5, 0.6) is 0 Å². The molecule has 1 N–H and O–H groups in total. The predicted octanol–water partition coefficient (Wildman–Crippen LogP) is 2.61. The molecule has 0 saturated heterocycles. The lowest BCUT2D eigenvalue weighted by atomic mass is 10.1. The van der Waals surface area contributed by atoms with Gasteiger partial charge in [0.05, 0.1) is 18.3 Å². The van der Waals surface area contributed by atoms with Crippen LogP contribution in [0.25, 0.3) is 0 Å². The highest BCUT2D eigenvalue weighted by molar-refractivity contribution is 5.94. The topological polar surface area (TPSA) is 85.6 Å². The van der Waals surface area contributed by atoms with Crippen molar-refractivity contribution in [1.82, 2.24) is 30.5 Å². The van der Waals surface area contributed by atoms with Crippen molar-refractivity contribution < 1.29 is 4.79 Å². The van der Waals surface area contributed by atoms with Gasteiger partial charge in [0.15, 0.2) is 0 Å². The van der Waals surface area contributed by atoms with E-state index in [0.29, 0.717) is 18.0 Å². The molecule has 1 amide bonds. The largest absolute Gasteiger partial charge is 0.343 e. The molecule has 0 aliphatic heterocycles. The summed E-state index contributed by atoms with van der Waals surface area (Å²) in [6.07, 6.45) is 4.07. The molecule has 1 aromatic carbocycles. The van der Waals surface area contributed by atoms with E-state index in [9.17, 15) is 4.79 Å². The van der Waals surface area contributed by atoms with E-state index in [-0.39, 0.29) is 11.9 Å². The molecule has 2 aromatic heterocycles. The van der Waals surface area contributed by atoms with Gasteiger partial charge in [-0.05, 0) is 78.4 Å². The average molecular weight is 362 g/mol. The molecular weight excluding hydrogens is 340 g/mol. The van der Waals surface area contributed by atoms with Gasteiger partial charge < -0.3 is 5.32 Å². The zero-order valence-electron chi connectivity index (χ0n) is 15.5. The van der Waals surface area contributed by atoms with Crippen molar-refractivity contribution in [3.8, 4) is 0 Å². The SMILES string of the molecule is Cc1ccnc([C@@H](NC(=O)c2ccc(Cn3nnnc3C)cc2)C2CC2)c1. The molecule has 2 heterocycles. The summed E-state index contributed by atoms with van der Waals surface area (Å²) < 4.78 is 1.72. The van der Waals surface area contributed by atoms with Crippen LogP contribution in [0.15, 0.2) is 42.6 Å². The number of amides is 1. The Balaban J connectivity index is 1.46. The summed E-state index contributed by atoms with van der Waals surface area (Å²) in [5, 5.41) is 14.6. The number of hydrogen-bond donors (Lipinski definition) is 1. The smallest absolute Gasteiger partial charge is 0.251 e. The van der Waals surface area contributed by atoms with Gasteiger partial charge in [-0.15, -0.1) is 5.10 Å². The molecule has 0 spiro atoms. The number of hydrogen-bond acceptors (Lipinski definition) is 5. The Morgan fingerprint density at radius 1 is 1.22 bits per heavy atom. The van der Waals surface area contributed by atoms with Crippen LogP contribution in [0.2, 0.25) is 0 Å². The van der Waals surface area contributed by atoms with E-state index in [0.717, 1.165) is 35.5 Å². The molecule has 0 unspecified atom stereocenters. The lowest BCUT2D eigenvalue weighted by molar-refractivity contribution is 0.0930. The Bertz CT molecular complexity index is 945. The molecule has 1 saturated carbocycles. The van der Waals surface area contributed by atoms with Crippen LogP contribution >= 0.6 is 0 Å². The van der Waals surface area contributed by atoms with Gasteiger partial charge in [-0.25, -0.2) is 4.68 Å². The van der Waals surface area contributed by atoms with Crippen molar-refractivity contribution in [2.24, 2.45) is 5.92 Å². The molecule has 138 valence electrons. The van der Waals surface area contributed by atoms with Gasteiger partial charge >= 0.3 is 0 Å². The third-order valence-electron chi connectivity index (χ3n) is 4.89. The van der Waals surface area contributed by atoms with E-state index in [1.165, 1.54) is 0 Å². The first-order valence-corrected chi connectivity index (χ1v) is 9.15. The normalized spacial score (nSPS) is 14.7. The number of aromatic nitrogens is 5. The van der Waals surface area contributed by atoms with Crippen LogP contribution in [0, 0.1) is 19.8 Å². The van der Waals surface area contributed by atoms with Crippen LogP contribution < -0.4 is 5.32 Å². The zero-order chi connectivity index (χ0) is 18.8. The van der Waals surface area contributed by atoms with Gasteiger partial charge in [0, 0.05) is 11.8 Å². The predicted molar refractivity (Wildman–Crippen MR) is 100 cm³/mol. The Morgan fingerprint density at radius 3 is 2.63 bits per heavy atom. The second kappa shape index (κ2) is 7.26. The minimum absolute atomic E-state index is 0.0269. The zero-order valence-corrected chi connectivity index (χ0v) is 15.5. The molecule has 1 fully saturated rings. The Hall–Kier alpha value is -3.09. The highest BCUT2D eigenvalue weighted by atomic mass is 16.1. The first kappa shape index (κ1) is 17.3. The molecule has 0 radical (unpaired) electrons. The molecule has 3 aromatic rings. The van der Waals surface area contributed by atoms with E-state index in [2.05, 4.69) is 31.9 Å². The maximum Gasteiger partial charge on any atom is 0.251 e. The summed E-state index contributed by atoms with van der Waals surface area (Å²) in [6.45, 7) is 4.49. The van der Waals surface area contributed by atoms with Crippen LogP contribution in [-0.4, -0.2) is 31.1 Å². The highest BCUT2D eigenvalue weighted by Gasteiger charge is 2.34. The van der Waals surface area contributed by atoms with Crippen LogP contribution in [0.4, 0.5) is 0 Å². The van der Waals surface area contributed by atoms with Gasteiger partial charge in [-0.2, -0.15) is 0 Å². The molecule has 1 aliphatic carbocycles. The molecule has 1 atom stereocenters. The Labute approximate surface area is 157 Å². The maximum absolute atomic E-state index is 12.8. The third-order valence-corrected chi connectivity index (χ3v) is 4.89. The summed E-state index contributed by atoms with van der Waals surface area (Å²) in [4.78, 5) is 17.2. The van der Waals surface area contributed by atoms with Crippen molar-refractivity contribution in [2.45, 2.75) is 39.3 Å². The third kappa shape index (κ3) is 4.02. The van der Waals surface area contributed by atoms with Crippen LogP contribution in [0.1, 0.15) is 51.9 Å². The number of carbonyl (C=O) groups excluding carboxylic acids is 1. The van der Waals surface area contributed by atoms with E-state index < -0.39 is 0 Å². The Morgan fingerprint density at radius 2 is 2.00 bits per heavy atom. The summed E-state index contributed by atoms with van der Waals surface area (Å²) in [7, 11) is 0. The summed E-state index contributed by atoms with van der Waals surface area (Å²) >= 11 is 0. The van der Waals surface area contributed by atoms with E-state index in [4.69, 9.17) is 0 Å². The fourth-order valence-electron chi connectivity index (χ4n) is 3.15. The fourth-order valence-corrected chi connectivity index (χ4v) is 3.15. The maximum atomic E-state index is 12.8. The molecule has 1 aliphatic rings. The highest BCUT2D eigenvalue weighted by Crippen LogP contribution is 2.40. The van der Waals surface area contributed by atoms with E-state index in [1.807, 2.05) is 50.4 Å². The standard InChI is InChI=1S/C20H22N6O/c1-13-9-10-21-18(11-13)19(16-7-8-16)22-20(27)17-5-3-15(4-6-17)12-26-14(2)23-24-25-26/h3-6,9-11,16,19H,7-8,12H2,1-2H3,(H,22,27)/t19-/m0/s1. The first-order valence-electron chi connectivity index (χ1n) is 9.15. The van der Waals surface area contributed by atoms with Crippen LogP contribution in [-0.2, 0) is 6.54 Å². The number of pyridine rings is 1. The van der Waals surface area contributed by atoms with Crippen molar-refractivity contribution in [1.29, 1.82) is 0 Å². The number of tetrazole rings is 1. The van der Waals surface area contributed by atoms with Crippen LogP contribution in [0.3, 0.4) is 0 Å². The van der Waals surface area contributed by atoms with Gasteiger partial charge in [0.25, 0.3) is 5.91 Å². The van der Waals surface area contributed by atoms with Crippen molar-refractivity contribution >= 4 is 5.91 Å². The van der Waals surface area contributed by atoms with E-state index >= 15 is 0 Å². The Kier molecular flexibility index (Phi) is 4.66. The minimum atomic E-state index is -0.0691. The number of aryl methyl sites for hydroxylation is 2. The van der Waals surface area contributed by atoms with Crippen molar-refractivity contribution in [3.63, 3.8) is 0 Å². The average Bonchev–Trinajstić information content (AvgIpc) is 3.43. The van der Waals surface area contributed by atoms with Crippen molar-refractivity contribution in [2.75, 3.05) is 0 Å². The van der Waals surface area contributed by atoms with Gasteiger partial charge in [0.2, 0.25) is 0 Å². The molecular formula is C20H22N6O. The summed E-state index contributed by atoms with van der Waals surface area (Å²) in [5.41, 5.74) is 3.78. The second-order valence-electron chi connectivity index (χ2n) is 7.13. The molecule has 0 bridgehead atoms. The van der Waals surface area contributed by atoms with Gasteiger partial charge in [0.1, 0.15) is 5.82 Å². The molecule has 7 nitrogen and oxygen atoms in total. The summed E-state index contributed by atoms with van der Waals surface area (Å²) in [6, 6.07) is 11.6. The number of carbonyl (C=O) groups is 1. The second-order valence-corrected chi connectivity index (χ2v) is 7.13. The number of nitrogens with one attached hydrogen (secondary N) is 1. The minimum Gasteiger partial charge on any atom is -0.343 e. The number of rotatable bonds is 6.